The summed E-state index contributed by atoms with van der Waals surface area (Å²) in [6, 6.07) is 13.2. The summed E-state index contributed by atoms with van der Waals surface area (Å²) in [4.78, 5) is 43.8. The first-order chi connectivity index (χ1) is 19.0. The molecule has 0 bridgehead atoms. The van der Waals surface area contributed by atoms with Crippen molar-refractivity contribution in [2.24, 2.45) is 0 Å². The van der Waals surface area contributed by atoms with Crippen molar-refractivity contribution >= 4 is 17.7 Å². The van der Waals surface area contributed by atoms with Gasteiger partial charge in [0.05, 0.1) is 26.9 Å². The molecule has 10 heteroatoms. The molecule has 2 aromatic rings. The van der Waals surface area contributed by atoms with Gasteiger partial charge >= 0.3 is 0 Å². The summed E-state index contributed by atoms with van der Waals surface area (Å²) < 4.78 is 22.6. The lowest BCUT2D eigenvalue weighted by Crippen LogP contribution is -2.60. The lowest BCUT2D eigenvalue weighted by molar-refractivity contribution is -0.128. The second kappa shape index (κ2) is 11.6. The van der Waals surface area contributed by atoms with E-state index in [1.807, 2.05) is 6.07 Å². The molecule has 39 heavy (non-hydrogen) atoms. The normalized spacial score (nSPS) is 22.1. The van der Waals surface area contributed by atoms with E-state index in [1.54, 1.807) is 59.4 Å². The summed E-state index contributed by atoms with van der Waals surface area (Å²) in [5, 5.41) is 2.97. The molecule has 0 aliphatic carbocycles. The lowest BCUT2D eigenvalue weighted by atomic mass is 9.96. The van der Waals surface area contributed by atoms with Crippen molar-refractivity contribution in [2.45, 2.75) is 43.6 Å². The van der Waals surface area contributed by atoms with Gasteiger partial charge in [-0.25, -0.2) is 0 Å². The number of carbonyl (C=O) groups excluding carboxylic acids is 3. The Morgan fingerprint density at radius 3 is 2.38 bits per heavy atom. The molecular weight excluding hydrogens is 502 g/mol. The fourth-order valence-electron chi connectivity index (χ4n) is 5.64. The first kappa shape index (κ1) is 27.0. The highest BCUT2D eigenvalue weighted by Crippen LogP contribution is 2.39. The Hall–Kier alpha value is -3.63. The number of piperidine rings is 1. The monoisotopic (exact) mass is 537 g/mol. The Balaban J connectivity index is 1.33. The maximum absolute atomic E-state index is 13.8. The number of ether oxygens (including phenoxy) is 4. The molecule has 0 radical (unpaired) electrons. The van der Waals surface area contributed by atoms with E-state index >= 15 is 0 Å². The van der Waals surface area contributed by atoms with Crippen molar-refractivity contribution in [3.8, 4) is 11.5 Å². The maximum Gasteiger partial charge on any atom is 0.256 e. The van der Waals surface area contributed by atoms with Gasteiger partial charge < -0.3 is 29.2 Å². The number of nitrogens with zero attached hydrogens (tertiary/aromatic N) is 2. The largest absolute Gasteiger partial charge is 0.493 e. The molecule has 5 rings (SSSR count). The molecule has 10 nitrogen and oxygen atoms in total. The highest BCUT2D eigenvalue weighted by molar-refractivity contribution is 5.98. The second-order valence-corrected chi connectivity index (χ2v) is 10.1. The number of hydrogen-bond acceptors (Lipinski definition) is 7. The fourth-order valence-corrected chi connectivity index (χ4v) is 5.64. The van der Waals surface area contributed by atoms with Crippen LogP contribution in [0.5, 0.6) is 11.5 Å². The SMILES string of the molecule is COc1ccc(C(=O)N2CCC3(CC2)OC[C@@H](C(=O)NC[C@@H]2CCCO2)N3C(=O)c2ccccc2)cc1OC. The van der Waals surface area contributed by atoms with Crippen LogP contribution in [-0.4, -0.2) is 92.5 Å². The van der Waals surface area contributed by atoms with Crippen LogP contribution in [0.4, 0.5) is 0 Å². The average Bonchev–Trinajstić information content (AvgIpc) is 3.64. The Bertz CT molecular complexity index is 1190. The van der Waals surface area contributed by atoms with Gasteiger partial charge in [-0.2, -0.15) is 0 Å². The van der Waals surface area contributed by atoms with Crippen LogP contribution in [0.1, 0.15) is 46.4 Å². The molecular formula is C29H35N3O7. The van der Waals surface area contributed by atoms with Gasteiger partial charge in [0, 0.05) is 50.2 Å². The first-order valence-corrected chi connectivity index (χ1v) is 13.4. The summed E-state index contributed by atoms with van der Waals surface area (Å²) in [5.41, 5.74) is -0.00430. The number of methoxy groups -OCH3 is 2. The van der Waals surface area contributed by atoms with Crippen LogP contribution in [0.15, 0.2) is 48.5 Å². The van der Waals surface area contributed by atoms with Crippen molar-refractivity contribution < 1.29 is 33.3 Å². The topological polar surface area (TPSA) is 107 Å². The minimum atomic E-state index is -0.979. The van der Waals surface area contributed by atoms with Crippen LogP contribution in [0, 0.1) is 0 Å². The number of benzene rings is 2. The average molecular weight is 538 g/mol. The molecule has 0 unspecified atom stereocenters. The third-order valence-electron chi connectivity index (χ3n) is 7.79. The number of amides is 3. The molecule has 1 N–H and O–H groups in total. The van der Waals surface area contributed by atoms with E-state index in [0.717, 1.165) is 12.8 Å². The molecule has 1 spiro atoms. The van der Waals surface area contributed by atoms with Gasteiger partial charge in [-0.3, -0.25) is 19.3 Å². The minimum absolute atomic E-state index is 0.00524. The van der Waals surface area contributed by atoms with Gasteiger partial charge in [-0.15, -0.1) is 0 Å². The van der Waals surface area contributed by atoms with Gasteiger partial charge in [0.15, 0.2) is 11.5 Å². The van der Waals surface area contributed by atoms with E-state index in [-0.39, 0.29) is 30.4 Å². The smallest absolute Gasteiger partial charge is 0.256 e. The number of carbonyl (C=O) groups is 3. The van der Waals surface area contributed by atoms with Crippen LogP contribution in [0.25, 0.3) is 0 Å². The summed E-state index contributed by atoms with van der Waals surface area (Å²) in [6.45, 7) is 1.95. The first-order valence-electron chi connectivity index (χ1n) is 13.4. The van der Waals surface area contributed by atoms with Crippen molar-refractivity contribution in [3.05, 3.63) is 59.7 Å². The molecule has 3 heterocycles. The molecule has 3 fully saturated rings. The summed E-state index contributed by atoms with van der Waals surface area (Å²) in [6.07, 6.45) is 2.66. The second-order valence-electron chi connectivity index (χ2n) is 10.1. The van der Waals surface area contributed by atoms with E-state index in [0.29, 0.717) is 61.7 Å². The van der Waals surface area contributed by atoms with Crippen molar-refractivity contribution in [2.75, 3.05) is 47.1 Å². The third kappa shape index (κ3) is 5.44. The van der Waals surface area contributed by atoms with E-state index in [2.05, 4.69) is 5.32 Å². The van der Waals surface area contributed by atoms with Gasteiger partial charge in [0.25, 0.3) is 11.8 Å². The number of nitrogens with one attached hydrogen (secondary N) is 1. The molecule has 3 aliphatic rings. The highest BCUT2D eigenvalue weighted by atomic mass is 16.5. The van der Waals surface area contributed by atoms with Crippen molar-refractivity contribution in [1.82, 2.24) is 15.1 Å². The Labute approximate surface area is 228 Å². The molecule has 3 aliphatic heterocycles. The Morgan fingerprint density at radius 2 is 1.72 bits per heavy atom. The molecule has 3 amide bonds. The van der Waals surface area contributed by atoms with E-state index in [9.17, 15) is 14.4 Å². The van der Waals surface area contributed by atoms with Gasteiger partial charge in [-0.1, -0.05) is 18.2 Å². The van der Waals surface area contributed by atoms with Crippen molar-refractivity contribution in [3.63, 3.8) is 0 Å². The zero-order chi connectivity index (χ0) is 27.4. The van der Waals surface area contributed by atoms with Crippen molar-refractivity contribution in [1.29, 1.82) is 0 Å². The van der Waals surface area contributed by atoms with Gasteiger partial charge in [-0.05, 0) is 43.2 Å². The van der Waals surface area contributed by atoms with E-state index < -0.39 is 11.8 Å². The summed E-state index contributed by atoms with van der Waals surface area (Å²) in [7, 11) is 3.07. The lowest BCUT2D eigenvalue weighted by Gasteiger charge is -2.44. The molecule has 208 valence electrons. The van der Waals surface area contributed by atoms with E-state index in [1.165, 1.54) is 7.11 Å². The zero-order valence-electron chi connectivity index (χ0n) is 22.4. The summed E-state index contributed by atoms with van der Waals surface area (Å²) >= 11 is 0. The van der Waals surface area contributed by atoms with Gasteiger partial charge in [0.2, 0.25) is 5.91 Å². The molecule has 0 aromatic heterocycles. The van der Waals surface area contributed by atoms with Gasteiger partial charge in [0.1, 0.15) is 11.8 Å². The summed E-state index contributed by atoms with van der Waals surface area (Å²) in [5.74, 6) is 0.369. The number of rotatable bonds is 7. The van der Waals surface area contributed by atoms with Crippen LogP contribution < -0.4 is 14.8 Å². The van der Waals surface area contributed by atoms with Crippen LogP contribution in [0.3, 0.4) is 0 Å². The predicted molar refractivity (Wildman–Crippen MR) is 142 cm³/mol. The molecule has 2 atom stereocenters. The molecule has 3 saturated heterocycles. The molecule has 2 aromatic carbocycles. The zero-order valence-corrected chi connectivity index (χ0v) is 22.4. The van der Waals surface area contributed by atoms with E-state index in [4.69, 9.17) is 18.9 Å². The third-order valence-corrected chi connectivity index (χ3v) is 7.79. The quantitative estimate of drug-likeness (QED) is 0.578. The fraction of sp³-hybridized carbons (Fsp3) is 0.483. The standard InChI is InChI=1S/C29H35N3O7/c1-36-24-11-10-21(17-25(24)37-2)27(34)31-14-12-29(13-15-31)32(28(35)20-7-4-3-5-8-20)23(19-39-29)26(33)30-18-22-9-6-16-38-22/h3-5,7-8,10-11,17,22-23H,6,9,12-16,18-19H2,1-2H3,(H,30,33)/t22-,23-/m0/s1. The number of hydrogen-bond donors (Lipinski definition) is 1. The predicted octanol–water partition coefficient (Wildman–Crippen LogP) is 2.47. The Morgan fingerprint density at radius 1 is 0.974 bits per heavy atom. The van der Waals surface area contributed by atoms with Crippen LogP contribution in [-0.2, 0) is 14.3 Å². The minimum Gasteiger partial charge on any atom is -0.493 e. The van der Waals surface area contributed by atoms with Crippen LogP contribution in [0.2, 0.25) is 0 Å². The highest BCUT2D eigenvalue weighted by Gasteiger charge is 2.54. The Kier molecular flexibility index (Phi) is 8.04. The number of likely N-dealkylation sites (tertiary alicyclic amines) is 1. The molecule has 0 saturated carbocycles. The maximum atomic E-state index is 13.8. The van der Waals surface area contributed by atoms with Crippen LogP contribution >= 0.6 is 0 Å².